The van der Waals surface area contributed by atoms with Gasteiger partial charge in [0.15, 0.2) is 0 Å². The van der Waals surface area contributed by atoms with E-state index in [1.165, 1.54) is 19.3 Å². The summed E-state index contributed by atoms with van der Waals surface area (Å²) in [4.78, 5) is 0. The third-order valence-electron chi connectivity index (χ3n) is 8.67. The van der Waals surface area contributed by atoms with Gasteiger partial charge in [0.2, 0.25) is 0 Å². The van der Waals surface area contributed by atoms with Crippen LogP contribution in [0.2, 0.25) is 0 Å². The van der Waals surface area contributed by atoms with Gasteiger partial charge in [-0.1, -0.05) is 0 Å². The lowest BCUT2D eigenvalue weighted by molar-refractivity contribution is -0.104. The zero-order chi connectivity index (χ0) is 9.97. The number of rotatable bonds is 0. The SMILES string of the molecule is OC12C([C@@H]3[C@H]4CC5[C@@H]3[C@@H]5[C@H]41)[C@@H]1C[C@H]2[C@H]2C[C@H]21. The second kappa shape index (κ2) is 1.66. The molecule has 8 aliphatic rings. The first-order valence-electron chi connectivity index (χ1n) is 7.54. The highest BCUT2D eigenvalue weighted by molar-refractivity contribution is 5.37. The molecule has 12 atom stereocenters. The van der Waals surface area contributed by atoms with E-state index in [0.717, 1.165) is 65.1 Å². The highest BCUT2D eigenvalue weighted by Crippen LogP contribution is 2.90. The van der Waals surface area contributed by atoms with E-state index in [1.54, 1.807) is 0 Å². The van der Waals surface area contributed by atoms with Crippen molar-refractivity contribution in [3.8, 4) is 0 Å². The fourth-order valence-corrected chi connectivity index (χ4v) is 8.81. The van der Waals surface area contributed by atoms with E-state index in [4.69, 9.17) is 0 Å². The fraction of sp³-hybridized carbons (Fsp3) is 1.00. The lowest BCUT2D eigenvalue weighted by Crippen LogP contribution is -2.49. The molecule has 0 radical (unpaired) electrons. The Kier molecular flexibility index (Phi) is 0.767. The minimum atomic E-state index is -0.121. The minimum Gasteiger partial charge on any atom is -0.389 e. The summed E-state index contributed by atoms with van der Waals surface area (Å²) in [6.07, 6.45) is 4.45. The van der Waals surface area contributed by atoms with Crippen molar-refractivity contribution in [2.45, 2.75) is 24.9 Å². The average Bonchev–Trinajstić information content (AvgIpc) is 2.85. The summed E-state index contributed by atoms with van der Waals surface area (Å²) in [5, 5.41) is 11.4. The maximum Gasteiger partial charge on any atom is 0.0745 e. The third-order valence-corrected chi connectivity index (χ3v) is 8.67. The van der Waals surface area contributed by atoms with Crippen LogP contribution in [0.5, 0.6) is 0 Å². The molecule has 8 bridgehead atoms. The van der Waals surface area contributed by atoms with Crippen LogP contribution in [0.3, 0.4) is 0 Å². The molecule has 1 heteroatoms. The van der Waals surface area contributed by atoms with Crippen LogP contribution in [-0.4, -0.2) is 10.7 Å². The van der Waals surface area contributed by atoms with Crippen molar-refractivity contribution < 1.29 is 5.11 Å². The minimum absolute atomic E-state index is 0.121. The van der Waals surface area contributed by atoms with Crippen LogP contribution in [0.4, 0.5) is 0 Å². The van der Waals surface area contributed by atoms with Crippen LogP contribution in [0, 0.1) is 65.1 Å². The molecule has 0 aromatic rings. The van der Waals surface area contributed by atoms with E-state index in [9.17, 15) is 5.11 Å². The molecule has 8 aliphatic carbocycles. The Labute approximate surface area is 95.6 Å². The van der Waals surface area contributed by atoms with Gasteiger partial charge in [-0.3, -0.25) is 0 Å². The lowest BCUT2D eigenvalue weighted by atomic mass is 9.67. The van der Waals surface area contributed by atoms with Gasteiger partial charge in [0, 0.05) is 0 Å². The van der Waals surface area contributed by atoms with Gasteiger partial charge in [-0.2, -0.15) is 0 Å². The lowest BCUT2D eigenvalue weighted by Gasteiger charge is -2.42. The van der Waals surface area contributed by atoms with Crippen molar-refractivity contribution in [3.63, 3.8) is 0 Å². The first kappa shape index (κ1) is 7.41. The Balaban J connectivity index is 1.53. The molecule has 0 aromatic carbocycles. The van der Waals surface area contributed by atoms with Crippen LogP contribution < -0.4 is 0 Å². The van der Waals surface area contributed by atoms with E-state index >= 15 is 0 Å². The Hall–Kier alpha value is -0.0400. The van der Waals surface area contributed by atoms with E-state index in [1.807, 2.05) is 0 Å². The standard InChI is InChI=1S/C15H18O/c16-15-9-3-6(4-1-5(4)9)13(15)12-8-2-7-10(12)11(7)14(8)15/h4-14,16H,1-3H2/t4-,5+,6-,7?,8-,9+,10-,11-,12-,13?,14+,15?/m1/s1. The summed E-state index contributed by atoms with van der Waals surface area (Å²) in [6.45, 7) is 0. The van der Waals surface area contributed by atoms with E-state index < -0.39 is 0 Å². The number of hydrogen-bond donors (Lipinski definition) is 1. The van der Waals surface area contributed by atoms with Gasteiger partial charge in [-0.25, -0.2) is 0 Å². The van der Waals surface area contributed by atoms with Gasteiger partial charge in [-0.05, 0) is 84.4 Å². The zero-order valence-electron chi connectivity index (χ0n) is 9.42. The van der Waals surface area contributed by atoms with E-state index in [-0.39, 0.29) is 5.60 Å². The molecule has 8 fully saturated rings. The van der Waals surface area contributed by atoms with Gasteiger partial charge >= 0.3 is 0 Å². The first-order valence-corrected chi connectivity index (χ1v) is 7.54. The predicted octanol–water partition coefficient (Wildman–Crippen LogP) is 1.76. The third kappa shape index (κ3) is 0.429. The zero-order valence-corrected chi connectivity index (χ0v) is 9.42. The van der Waals surface area contributed by atoms with Gasteiger partial charge < -0.3 is 5.11 Å². The molecular weight excluding hydrogens is 196 g/mol. The molecule has 0 saturated heterocycles. The summed E-state index contributed by atoms with van der Waals surface area (Å²) >= 11 is 0. The van der Waals surface area contributed by atoms with E-state index in [0.29, 0.717) is 0 Å². The average molecular weight is 214 g/mol. The van der Waals surface area contributed by atoms with Crippen molar-refractivity contribution in [1.82, 2.24) is 0 Å². The highest BCUT2D eigenvalue weighted by atomic mass is 16.3. The number of hydrogen-bond acceptors (Lipinski definition) is 1. The quantitative estimate of drug-likeness (QED) is 0.651. The van der Waals surface area contributed by atoms with Gasteiger partial charge in [0.25, 0.3) is 0 Å². The Morgan fingerprint density at radius 3 is 2.31 bits per heavy atom. The van der Waals surface area contributed by atoms with Crippen LogP contribution in [0.15, 0.2) is 0 Å². The predicted molar refractivity (Wildman–Crippen MR) is 57.2 cm³/mol. The molecule has 0 aromatic heterocycles. The summed E-state index contributed by atoms with van der Waals surface area (Å²) in [6, 6.07) is 0. The van der Waals surface area contributed by atoms with Crippen LogP contribution in [-0.2, 0) is 0 Å². The maximum absolute atomic E-state index is 11.4. The Bertz CT molecular complexity index is 458. The molecule has 1 N–H and O–H groups in total. The summed E-state index contributed by atoms with van der Waals surface area (Å²) in [5.41, 5.74) is -0.121. The van der Waals surface area contributed by atoms with Crippen LogP contribution in [0.1, 0.15) is 19.3 Å². The van der Waals surface area contributed by atoms with Crippen molar-refractivity contribution in [2.24, 2.45) is 65.1 Å². The molecular formula is C15H18O. The normalized spacial score (nSPS) is 90.9. The largest absolute Gasteiger partial charge is 0.389 e. The molecule has 8 saturated carbocycles. The molecule has 84 valence electrons. The van der Waals surface area contributed by atoms with Crippen molar-refractivity contribution >= 4 is 0 Å². The van der Waals surface area contributed by atoms with Crippen molar-refractivity contribution in [3.05, 3.63) is 0 Å². The molecule has 0 amide bonds. The van der Waals surface area contributed by atoms with Crippen molar-refractivity contribution in [1.29, 1.82) is 0 Å². The maximum atomic E-state index is 11.4. The highest BCUT2D eigenvalue weighted by Gasteiger charge is 2.90. The molecule has 0 aliphatic heterocycles. The summed E-state index contributed by atoms with van der Waals surface area (Å²) < 4.78 is 0. The second-order valence-corrected chi connectivity index (χ2v) is 8.30. The Morgan fingerprint density at radius 1 is 0.688 bits per heavy atom. The monoisotopic (exact) mass is 214 g/mol. The topological polar surface area (TPSA) is 20.2 Å². The van der Waals surface area contributed by atoms with Crippen molar-refractivity contribution in [2.75, 3.05) is 0 Å². The van der Waals surface area contributed by atoms with E-state index in [2.05, 4.69) is 0 Å². The van der Waals surface area contributed by atoms with Crippen LogP contribution >= 0.6 is 0 Å². The first-order chi connectivity index (χ1) is 7.82. The van der Waals surface area contributed by atoms with Crippen LogP contribution in [0.25, 0.3) is 0 Å². The van der Waals surface area contributed by atoms with Gasteiger partial charge in [0.05, 0.1) is 5.60 Å². The molecule has 1 nitrogen and oxygen atoms in total. The molecule has 0 heterocycles. The summed E-state index contributed by atoms with van der Waals surface area (Å²) in [5.74, 6) is 10.7. The molecule has 16 heavy (non-hydrogen) atoms. The number of aliphatic hydroxyl groups is 1. The summed E-state index contributed by atoms with van der Waals surface area (Å²) in [7, 11) is 0. The molecule has 8 rings (SSSR count). The molecule has 0 spiro atoms. The Morgan fingerprint density at radius 2 is 1.44 bits per heavy atom. The van der Waals surface area contributed by atoms with Gasteiger partial charge in [0.1, 0.15) is 0 Å². The van der Waals surface area contributed by atoms with Gasteiger partial charge in [-0.15, -0.1) is 0 Å². The fourth-order valence-electron chi connectivity index (χ4n) is 8.81. The smallest absolute Gasteiger partial charge is 0.0745 e. The second-order valence-electron chi connectivity index (χ2n) is 8.30. The number of fused-ring (bicyclic) bond motifs is 8. The molecule has 3 unspecified atom stereocenters.